The van der Waals surface area contributed by atoms with Crippen molar-refractivity contribution >= 4 is 11.4 Å². The molecule has 100 valence electrons. The summed E-state index contributed by atoms with van der Waals surface area (Å²) in [6.45, 7) is 2.32. The lowest BCUT2D eigenvalue weighted by Gasteiger charge is -2.23. The monoisotopic (exact) mass is 254 g/mol. The van der Waals surface area contributed by atoms with E-state index in [1.165, 1.54) is 6.07 Å². The molecule has 0 aromatic heterocycles. The summed E-state index contributed by atoms with van der Waals surface area (Å²) in [6, 6.07) is 6.35. The Bertz CT molecular complexity index is 407. The molecule has 0 fully saturated rings. The van der Waals surface area contributed by atoms with E-state index in [9.17, 15) is 15.2 Å². The fourth-order valence-electron chi connectivity index (χ4n) is 1.48. The molecule has 0 amide bonds. The number of ether oxygens (including phenoxy) is 1. The highest BCUT2D eigenvalue weighted by Crippen LogP contribution is 2.24. The van der Waals surface area contributed by atoms with E-state index in [1.807, 2.05) is 0 Å². The van der Waals surface area contributed by atoms with Crippen molar-refractivity contribution in [2.45, 2.75) is 18.9 Å². The van der Waals surface area contributed by atoms with Crippen molar-refractivity contribution in [2.24, 2.45) is 0 Å². The molecule has 2 N–H and O–H groups in total. The summed E-state index contributed by atoms with van der Waals surface area (Å²) < 4.78 is 4.90. The third-order valence-electron chi connectivity index (χ3n) is 2.61. The molecule has 0 heterocycles. The number of nitro groups is 1. The van der Waals surface area contributed by atoms with Gasteiger partial charge in [0, 0.05) is 32.7 Å². The van der Waals surface area contributed by atoms with Crippen LogP contribution in [0, 0.1) is 10.1 Å². The fraction of sp³-hybridized carbons (Fsp3) is 0.500. The summed E-state index contributed by atoms with van der Waals surface area (Å²) >= 11 is 0. The topological polar surface area (TPSA) is 84.6 Å². The summed E-state index contributed by atoms with van der Waals surface area (Å²) in [6.07, 6.45) is 0.455. The van der Waals surface area contributed by atoms with Crippen LogP contribution >= 0.6 is 0 Å². The molecule has 1 aromatic rings. The van der Waals surface area contributed by atoms with Crippen LogP contribution in [0.25, 0.3) is 0 Å². The standard InChI is InChI=1S/C12H18N2O4/c1-12(15,7-8-18-2)9-13-10-5-3-4-6-11(10)14(16)17/h3-6,13,15H,7-9H2,1-2H3. The predicted molar refractivity (Wildman–Crippen MR) is 68.7 cm³/mol. The number of hydrogen-bond donors (Lipinski definition) is 2. The number of nitro benzene ring substituents is 1. The molecule has 0 radical (unpaired) electrons. The van der Waals surface area contributed by atoms with Gasteiger partial charge in [-0.15, -0.1) is 0 Å². The van der Waals surface area contributed by atoms with Gasteiger partial charge in [0.1, 0.15) is 5.69 Å². The largest absolute Gasteiger partial charge is 0.388 e. The second kappa shape index (κ2) is 6.32. The fourth-order valence-corrected chi connectivity index (χ4v) is 1.48. The Morgan fingerprint density at radius 2 is 2.17 bits per heavy atom. The number of rotatable bonds is 7. The smallest absolute Gasteiger partial charge is 0.292 e. The van der Waals surface area contributed by atoms with E-state index in [-0.39, 0.29) is 12.2 Å². The van der Waals surface area contributed by atoms with Gasteiger partial charge < -0.3 is 15.2 Å². The number of nitrogens with zero attached hydrogens (tertiary/aromatic N) is 1. The minimum Gasteiger partial charge on any atom is -0.388 e. The summed E-state index contributed by atoms with van der Waals surface area (Å²) in [4.78, 5) is 10.3. The normalized spacial score (nSPS) is 13.9. The Labute approximate surface area is 106 Å². The molecule has 0 aliphatic rings. The first kappa shape index (κ1) is 14.4. The maximum absolute atomic E-state index is 10.8. The van der Waals surface area contributed by atoms with Crippen LogP contribution in [-0.4, -0.2) is 35.9 Å². The molecule has 6 heteroatoms. The van der Waals surface area contributed by atoms with Crippen LogP contribution in [0.5, 0.6) is 0 Å². The van der Waals surface area contributed by atoms with E-state index in [1.54, 1.807) is 32.2 Å². The van der Waals surface area contributed by atoms with Crippen molar-refractivity contribution in [3.63, 3.8) is 0 Å². The highest BCUT2D eigenvalue weighted by atomic mass is 16.6. The zero-order chi connectivity index (χ0) is 13.6. The van der Waals surface area contributed by atoms with Crippen LogP contribution in [0.1, 0.15) is 13.3 Å². The highest BCUT2D eigenvalue weighted by Gasteiger charge is 2.21. The van der Waals surface area contributed by atoms with Crippen molar-refractivity contribution in [2.75, 3.05) is 25.6 Å². The summed E-state index contributed by atoms with van der Waals surface area (Å²) in [7, 11) is 1.56. The Morgan fingerprint density at radius 3 is 2.78 bits per heavy atom. The molecule has 0 aliphatic heterocycles. The van der Waals surface area contributed by atoms with Gasteiger partial charge in [-0.05, 0) is 13.0 Å². The van der Waals surface area contributed by atoms with Crippen LogP contribution in [0.15, 0.2) is 24.3 Å². The molecule has 18 heavy (non-hydrogen) atoms. The van der Waals surface area contributed by atoms with Gasteiger partial charge in [-0.25, -0.2) is 0 Å². The lowest BCUT2D eigenvalue weighted by molar-refractivity contribution is -0.384. The van der Waals surface area contributed by atoms with Crippen molar-refractivity contribution < 1.29 is 14.8 Å². The maximum Gasteiger partial charge on any atom is 0.292 e. The van der Waals surface area contributed by atoms with Gasteiger partial charge in [-0.2, -0.15) is 0 Å². The molecule has 0 saturated carbocycles. The molecular formula is C12H18N2O4. The number of para-hydroxylation sites is 2. The van der Waals surface area contributed by atoms with Gasteiger partial charge in [0.25, 0.3) is 5.69 Å². The maximum atomic E-state index is 10.8. The van der Waals surface area contributed by atoms with Crippen molar-refractivity contribution in [3.05, 3.63) is 34.4 Å². The van der Waals surface area contributed by atoms with E-state index in [2.05, 4.69) is 5.32 Å². The molecule has 1 aromatic carbocycles. The minimum absolute atomic E-state index is 0.0000384. The van der Waals surface area contributed by atoms with Crippen molar-refractivity contribution in [1.29, 1.82) is 0 Å². The molecule has 1 unspecified atom stereocenters. The Balaban J connectivity index is 2.65. The zero-order valence-corrected chi connectivity index (χ0v) is 10.5. The van der Waals surface area contributed by atoms with Crippen LogP contribution in [0.4, 0.5) is 11.4 Å². The number of nitrogens with one attached hydrogen (secondary N) is 1. The SMILES string of the molecule is COCCC(C)(O)CNc1ccccc1[N+](=O)[O-]. The number of hydrogen-bond acceptors (Lipinski definition) is 5. The summed E-state index contributed by atoms with van der Waals surface area (Å²) in [5.74, 6) is 0. The lowest BCUT2D eigenvalue weighted by Crippen LogP contribution is -2.34. The van der Waals surface area contributed by atoms with E-state index in [4.69, 9.17) is 4.74 Å². The Morgan fingerprint density at radius 1 is 1.50 bits per heavy atom. The number of anilines is 1. The van der Waals surface area contributed by atoms with E-state index < -0.39 is 10.5 Å². The molecule has 0 spiro atoms. The van der Waals surface area contributed by atoms with E-state index in [0.29, 0.717) is 18.7 Å². The quantitative estimate of drug-likeness (QED) is 0.572. The van der Waals surface area contributed by atoms with Crippen LogP contribution in [0.3, 0.4) is 0 Å². The first-order valence-electron chi connectivity index (χ1n) is 5.65. The van der Waals surface area contributed by atoms with Crippen molar-refractivity contribution in [3.8, 4) is 0 Å². The van der Waals surface area contributed by atoms with Gasteiger partial charge in [0.2, 0.25) is 0 Å². The third-order valence-corrected chi connectivity index (χ3v) is 2.61. The minimum atomic E-state index is -0.972. The third kappa shape index (κ3) is 4.31. The highest BCUT2D eigenvalue weighted by molar-refractivity contribution is 5.61. The zero-order valence-electron chi connectivity index (χ0n) is 10.5. The Kier molecular flexibility index (Phi) is 5.06. The number of aliphatic hydroxyl groups is 1. The van der Waals surface area contributed by atoms with Gasteiger partial charge in [0.05, 0.1) is 10.5 Å². The second-order valence-corrected chi connectivity index (χ2v) is 4.37. The molecule has 0 saturated heterocycles. The first-order valence-corrected chi connectivity index (χ1v) is 5.65. The summed E-state index contributed by atoms with van der Waals surface area (Å²) in [5, 5.41) is 23.7. The number of methoxy groups -OCH3 is 1. The number of benzene rings is 1. The van der Waals surface area contributed by atoms with Crippen LogP contribution in [0.2, 0.25) is 0 Å². The van der Waals surface area contributed by atoms with Crippen LogP contribution in [-0.2, 0) is 4.74 Å². The Hall–Kier alpha value is -1.66. The van der Waals surface area contributed by atoms with E-state index in [0.717, 1.165) is 0 Å². The average molecular weight is 254 g/mol. The first-order chi connectivity index (χ1) is 8.46. The molecule has 6 nitrogen and oxygen atoms in total. The van der Waals surface area contributed by atoms with Gasteiger partial charge in [0.15, 0.2) is 0 Å². The van der Waals surface area contributed by atoms with Gasteiger partial charge >= 0.3 is 0 Å². The predicted octanol–water partition coefficient (Wildman–Crippen LogP) is 1.79. The molecule has 1 rings (SSSR count). The average Bonchev–Trinajstić information content (AvgIpc) is 2.34. The molecular weight excluding hydrogens is 236 g/mol. The van der Waals surface area contributed by atoms with Crippen LogP contribution < -0.4 is 5.32 Å². The van der Waals surface area contributed by atoms with Gasteiger partial charge in [-0.1, -0.05) is 12.1 Å². The van der Waals surface area contributed by atoms with E-state index >= 15 is 0 Å². The van der Waals surface area contributed by atoms with Gasteiger partial charge in [-0.3, -0.25) is 10.1 Å². The second-order valence-electron chi connectivity index (χ2n) is 4.37. The van der Waals surface area contributed by atoms with Crippen molar-refractivity contribution in [1.82, 2.24) is 0 Å². The summed E-state index contributed by atoms with van der Waals surface area (Å²) in [5.41, 5.74) is -0.570. The molecule has 0 aliphatic carbocycles. The lowest BCUT2D eigenvalue weighted by atomic mass is 10.0. The molecule has 0 bridgehead atoms. The molecule has 1 atom stereocenters.